The lowest BCUT2D eigenvalue weighted by Crippen LogP contribution is -2.15. The van der Waals surface area contributed by atoms with E-state index in [-0.39, 0.29) is 5.03 Å². The van der Waals surface area contributed by atoms with E-state index in [1.807, 2.05) is 4.72 Å². The number of nitrogens with one attached hydrogen (secondary N) is 2. The molecule has 2 N–H and O–H groups in total. The Balaban J connectivity index is 2.44. The van der Waals surface area contributed by atoms with Crippen LogP contribution in [0.3, 0.4) is 0 Å². The molecule has 8 nitrogen and oxygen atoms in total. The maximum atomic E-state index is 13.7. The number of nitro benzene ring substituents is 1. The summed E-state index contributed by atoms with van der Waals surface area (Å²) in [7, 11) is -4.19. The van der Waals surface area contributed by atoms with Gasteiger partial charge in [0.1, 0.15) is 5.82 Å². The molecule has 0 radical (unpaired) electrons. The number of imidazole rings is 1. The number of rotatable bonds is 5. The maximum absolute atomic E-state index is 13.7. The molecular formula is C11H11FN4O4S. The number of hydrogen-bond donors (Lipinski definition) is 2. The van der Waals surface area contributed by atoms with Crippen LogP contribution >= 0.6 is 0 Å². The van der Waals surface area contributed by atoms with Crippen LogP contribution in [0.4, 0.5) is 15.8 Å². The highest BCUT2D eigenvalue weighted by Crippen LogP contribution is 2.29. The van der Waals surface area contributed by atoms with Crippen LogP contribution in [0.25, 0.3) is 0 Å². The average Bonchev–Trinajstić information content (AvgIpc) is 2.90. The topological polar surface area (TPSA) is 118 Å². The van der Waals surface area contributed by atoms with Gasteiger partial charge in [0.05, 0.1) is 11.1 Å². The van der Waals surface area contributed by atoms with Gasteiger partial charge in [-0.15, -0.1) is 0 Å². The van der Waals surface area contributed by atoms with Crippen molar-refractivity contribution < 1.29 is 17.7 Å². The number of nitrogens with zero attached hydrogens (tertiary/aromatic N) is 2. The predicted molar refractivity (Wildman–Crippen MR) is 71.8 cm³/mol. The Kier molecular flexibility index (Phi) is 3.89. The lowest BCUT2D eigenvalue weighted by atomic mass is 10.2. The minimum Gasteiger partial charge on any atom is -0.332 e. The van der Waals surface area contributed by atoms with Gasteiger partial charge >= 0.3 is 0 Å². The van der Waals surface area contributed by atoms with Crippen LogP contribution in [-0.4, -0.2) is 23.3 Å². The van der Waals surface area contributed by atoms with Crippen LogP contribution in [0.15, 0.2) is 29.4 Å². The minimum absolute atomic E-state index is 0.295. The van der Waals surface area contributed by atoms with Crippen molar-refractivity contribution in [1.29, 1.82) is 0 Å². The van der Waals surface area contributed by atoms with Crippen LogP contribution in [-0.2, 0) is 16.4 Å². The molecule has 1 aromatic carbocycles. The number of nitro groups is 1. The van der Waals surface area contributed by atoms with E-state index >= 15 is 0 Å². The van der Waals surface area contributed by atoms with Gasteiger partial charge < -0.3 is 4.98 Å². The molecule has 0 amide bonds. The van der Waals surface area contributed by atoms with Crippen molar-refractivity contribution in [1.82, 2.24) is 9.97 Å². The summed E-state index contributed by atoms with van der Waals surface area (Å²) in [6.07, 6.45) is 1.54. The van der Waals surface area contributed by atoms with E-state index in [1.165, 1.54) is 0 Å². The Morgan fingerprint density at radius 1 is 1.48 bits per heavy atom. The third-order valence-electron chi connectivity index (χ3n) is 2.65. The second-order valence-corrected chi connectivity index (χ2v) is 5.70. The van der Waals surface area contributed by atoms with Crippen molar-refractivity contribution in [3.63, 3.8) is 0 Å². The largest absolute Gasteiger partial charge is 0.332 e. The summed E-state index contributed by atoms with van der Waals surface area (Å²) in [6.45, 7) is 1.77. The monoisotopic (exact) mass is 314 g/mol. The highest BCUT2D eigenvalue weighted by molar-refractivity contribution is 7.92. The van der Waals surface area contributed by atoms with Gasteiger partial charge in [-0.05, 0) is 6.07 Å². The molecule has 0 saturated heterocycles. The number of H-pyrrole nitrogens is 1. The number of aromatic amines is 1. The van der Waals surface area contributed by atoms with Crippen LogP contribution in [0, 0.1) is 15.9 Å². The molecule has 0 saturated carbocycles. The Labute approximate surface area is 119 Å². The molecule has 2 rings (SSSR count). The smallest absolute Gasteiger partial charge is 0.296 e. The number of hydrogen-bond acceptors (Lipinski definition) is 5. The van der Waals surface area contributed by atoms with E-state index in [2.05, 4.69) is 9.97 Å². The van der Waals surface area contributed by atoms with E-state index in [0.717, 1.165) is 24.4 Å². The first kappa shape index (κ1) is 14.9. The van der Waals surface area contributed by atoms with Gasteiger partial charge in [0, 0.05) is 12.5 Å². The first-order valence-electron chi connectivity index (χ1n) is 5.84. The number of aryl methyl sites for hydroxylation is 1. The zero-order valence-electron chi connectivity index (χ0n) is 10.8. The third kappa shape index (κ3) is 2.99. The second kappa shape index (κ2) is 5.48. The van der Waals surface area contributed by atoms with Gasteiger partial charge in [0.25, 0.3) is 15.7 Å². The fourth-order valence-corrected chi connectivity index (χ4v) is 2.64. The van der Waals surface area contributed by atoms with Gasteiger partial charge in [-0.3, -0.25) is 14.8 Å². The van der Waals surface area contributed by atoms with Crippen molar-refractivity contribution in [2.24, 2.45) is 0 Å². The normalized spacial score (nSPS) is 11.3. The van der Waals surface area contributed by atoms with Crippen molar-refractivity contribution in [2.75, 3.05) is 4.72 Å². The molecule has 1 heterocycles. The first-order chi connectivity index (χ1) is 9.85. The van der Waals surface area contributed by atoms with E-state index in [1.54, 1.807) is 6.92 Å². The zero-order chi connectivity index (χ0) is 15.6. The SMILES string of the molecule is CCc1ncc(S(=O)(=O)Nc2c(F)cccc2[N+](=O)[O-])[nH]1. The van der Waals surface area contributed by atoms with Gasteiger partial charge in [0.15, 0.2) is 16.5 Å². The summed E-state index contributed by atoms with van der Waals surface area (Å²) >= 11 is 0. The van der Waals surface area contributed by atoms with Crippen molar-refractivity contribution >= 4 is 21.4 Å². The van der Waals surface area contributed by atoms with Crippen LogP contribution in [0.1, 0.15) is 12.7 Å². The summed E-state index contributed by atoms with van der Waals surface area (Å²) in [6, 6.07) is 3.05. The molecular weight excluding hydrogens is 303 g/mol. The minimum atomic E-state index is -4.19. The van der Waals surface area contributed by atoms with Gasteiger partial charge in [-0.2, -0.15) is 8.42 Å². The fourth-order valence-electron chi connectivity index (χ4n) is 1.61. The van der Waals surface area contributed by atoms with Crippen molar-refractivity contribution in [2.45, 2.75) is 18.4 Å². The Bertz CT molecular complexity index is 787. The molecule has 112 valence electrons. The predicted octanol–water partition coefficient (Wildman–Crippen LogP) is 1.82. The quantitative estimate of drug-likeness (QED) is 0.644. The van der Waals surface area contributed by atoms with Gasteiger partial charge in [-0.1, -0.05) is 13.0 Å². The number of aromatic nitrogens is 2. The molecule has 1 aromatic heterocycles. The number of anilines is 1. The first-order valence-corrected chi connectivity index (χ1v) is 7.33. The van der Waals surface area contributed by atoms with Gasteiger partial charge in [0.2, 0.25) is 0 Å². The van der Waals surface area contributed by atoms with E-state index in [9.17, 15) is 22.9 Å². The highest BCUT2D eigenvalue weighted by atomic mass is 32.2. The molecule has 0 spiro atoms. The van der Waals surface area contributed by atoms with E-state index < -0.39 is 32.1 Å². The molecule has 0 aliphatic rings. The summed E-state index contributed by atoms with van der Waals surface area (Å²) in [5.74, 6) is -0.610. The number of para-hydroxylation sites is 1. The van der Waals surface area contributed by atoms with Crippen molar-refractivity contribution in [3.8, 4) is 0 Å². The Morgan fingerprint density at radius 2 is 2.19 bits per heavy atom. The lowest BCUT2D eigenvalue weighted by molar-refractivity contribution is -0.384. The molecule has 0 aliphatic heterocycles. The Hall–Kier alpha value is -2.49. The summed E-state index contributed by atoms with van der Waals surface area (Å²) in [5.41, 5.74) is -1.39. The standard InChI is InChI=1S/C11H11FN4O4S/c1-2-9-13-6-10(14-9)21(19,20)15-11-7(12)4-3-5-8(11)16(17)18/h3-6,15H,2H2,1H3,(H,13,14). The van der Waals surface area contributed by atoms with Crippen LogP contribution < -0.4 is 4.72 Å². The van der Waals surface area contributed by atoms with Gasteiger partial charge in [-0.25, -0.2) is 9.37 Å². The highest BCUT2D eigenvalue weighted by Gasteiger charge is 2.25. The lowest BCUT2D eigenvalue weighted by Gasteiger charge is -2.07. The molecule has 0 atom stereocenters. The van der Waals surface area contributed by atoms with Crippen molar-refractivity contribution in [3.05, 3.63) is 46.2 Å². The zero-order valence-corrected chi connectivity index (χ0v) is 11.6. The molecule has 2 aromatic rings. The molecule has 10 heteroatoms. The molecule has 0 aliphatic carbocycles. The second-order valence-electron chi connectivity index (χ2n) is 4.04. The molecule has 0 unspecified atom stereocenters. The molecule has 21 heavy (non-hydrogen) atoms. The number of halogens is 1. The average molecular weight is 314 g/mol. The maximum Gasteiger partial charge on any atom is 0.296 e. The van der Waals surface area contributed by atoms with E-state index in [0.29, 0.717) is 12.2 Å². The fraction of sp³-hybridized carbons (Fsp3) is 0.182. The van der Waals surface area contributed by atoms with Crippen LogP contribution in [0.5, 0.6) is 0 Å². The van der Waals surface area contributed by atoms with Crippen LogP contribution in [0.2, 0.25) is 0 Å². The number of sulfonamides is 1. The van der Waals surface area contributed by atoms with E-state index in [4.69, 9.17) is 0 Å². The Morgan fingerprint density at radius 3 is 2.76 bits per heavy atom. The molecule has 0 bridgehead atoms. The summed E-state index contributed by atoms with van der Waals surface area (Å²) in [4.78, 5) is 16.3. The molecule has 0 fully saturated rings. The third-order valence-corrected chi connectivity index (χ3v) is 3.91. The summed E-state index contributed by atoms with van der Waals surface area (Å²) in [5, 5.41) is 10.5. The summed E-state index contributed by atoms with van der Waals surface area (Å²) < 4.78 is 39.7. The number of benzene rings is 1.